The molecule has 0 aliphatic carbocycles. The molecule has 1 nitrogen and oxygen atoms in total. The van der Waals surface area contributed by atoms with Crippen molar-refractivity contribution in [3.05, 3.63) is 0 Å². The smallest absolute Gasteiger partial charge is 0.142 e. The Balaban J connectivity index is 2.25. The van der Waals surface area contributed by atoms with Gasteiger partial charge < -0.3 is 0 Å². The lowest BCUT2D eigenvalue weighted by molar-refractivity contribution is -0.529. The van der Waals surface area contributed by atoms with E-state index in [9.17, 15) is 0 Å². The average Bonchev–Trinajstić information content (AvgIpc) is 1.69. The summed E-state index contributed by atoms with van der Waals surface area (Å²) in [4.78, 5) is 0. The summed E-state index contributed by atoms with van der Waals surface area (Å²) in [6, 6.07) is 0. The van der Waals surface area contributed by atoms with E-state index in [0.29, 0.717) is 0 Å². The molecular formula is C6H12N+. The van der Waals surface area contributed by atoms with E-state index in [-0.39, 0.29) is 0 Å². The molecule has 0 aromatic carbocycles. The summed E-state index contributed by atoms with van der Waals surface area (Å²) in [5, 5.41) is 0. The molecule has 1 heterocycles. The molecule has 0 amide bonds. The van der Waals surface area contributed by atoms with Gasteiger partial charge in [0.05, 0.1) is 0 Å². The van der Waals surface area contributed by atoms with E-state index < -0.39 is 0 Å². The van der Waals surface area contributed by atoms with Crippen LogP contribution in [0.4, 0.5) is 0 Å². The van der Waals surface area contributed by atoms with Gasteiger partial charge in [-0.25, -0.2) is 4.58 Å². The van der Waals surface area contributed by atoms with E-state index in [1.54, 1.807) is 0 Å². The molecule has 0 unspecified atom stereocenters. The fourth-order valence-electron chi connectivity index (χ4n) is 0.959. The van der Waals surface area contributed by atoms with Crippen molar-refractivity contribution in [3.63, 3.8) is 0 Å². The molecule has 0 radical (unpaired) electrons. The first-order valence-corrected chi connectivity index (χ1v) is 2.95. The van der Waals surface area contributed by atoms with E-state index >= 15 is 0 Å². The van der Waals surface area contributed by atoms with Crippen LogP contribution in [0.15, 0.2) is 0 Å². The Labute approximate surface area is 44.7 Å². The average molecular weight is 98.2 g/mol. The Morgan fingerprint density at radius 3 is 1.86 bits per heavy atom. The maximum atomic E-state index is 3.83. The summed E-state index contributed by atoms with van der Waals surface area (Å²) in [6.45, 7) is 6.25. The molecule has 0 saturated carbocycles. The molecule has 0 atom stereocenters. The Morgan fingerprint density at radius 1 is 1.00 bits per heavy atom. The van der Waals surface area contributed by atoms with Crippen LogP contribution in [0.25, 0.3) is 0 Å². The second-order valence-electron chi connectivity index (χ2n) is 2.18. The summed E-state index contributed by atoms with van der Waals surface area (Å²) in [7, 11) is 0. The van der Waals surface area contributed by atoms with Crippen molar-refractivity contribution in [1.29, 1.82) is 0 Å². The van der Waals surface area contributed by atoms with Gasteiger partial charge in [0, 0.05) is 12.8 Å². The molecule has 0 bridgehead atoms. The lowest BCUT2D eigenvalue weighted by atomic mass is 10.2. The number of rotatable bonds is 0. The van der Waals surface area contributed by atoms with Crippen LogP contribution in [-0.2, 0) is 0 Å². The minimum Gasteiger partial charge on any atom is -0.242 e. The molecule has 1 aliphatic rings. The standard InChI is InChI=1S/C6H12N/c1-7-5-3-2-4-6-7/h1-6H2/q+1. The van der Waals surface area contributed by atoms with E-state index in [1.165, 1.54) is 32.4 Å². The quantitative estimate of drug-likeness (QED) is 0.396. The molecule has 1 fully saturated rings. The predicted molar refractivity (Wildman–Crippen MR) is 31.0 cm³/mol. The topological polar surface area (TPSA) is 3.01 Å². The summed E-state index contributed by atoms with van der Waals surface area (Å²) in [6.07, 6.45) is 4.11. The zero-order chi connectivity index (χ0) is 5.11. The fourth-order valence-corrected chi connectivity index (χ4v) is 0.959. The van der Waals surface area contributed by atoms with Crippen LogP contribution in [0.1, 0.15) is 19.3 Å². The normalized spacial score (nSPS) is 22.6. The minimum atomic E-state index is 1.21. The molecular weight excluding hydrogens is 86.1 g/mol. The second kappa shape index (κ2) is 2.10. The third kappa shape index (κ3) is 1.30. The van der Waals surface area contributed by atoms with Crippen molar-refractivity contribution >= 4 is 6.72 Å². The highest BCUT2D eigenvalue weighted by Crippen LogP contribution is 2.01. The number of hydrogen-bond acceptors (Lipinski definition) is 0. The Morgan fingerprint density at radius 2 is 1.57 bits per heavy atom. The molecule has 1 heteroatoms. The Kier molecular flexibility index (Phi) is 1.45. The maximum absolute atomic E-state index is 3.83. The van der Waals surface area contributed by atoms with Crippen molar-refractivity contribution in [2.24, 2.45) is 0 Å². The molecule has 40 valence electrons. The van der Waals surface area contributed by atoms with Crippen LogP contribution < -0.4 is 0 Å². The summed E-state index contributed by atoms with van der Waals surface area (Å²) < 4.78 is 2.14. The zero-order valence-corrected chi connectivity index (χ0v) is 4.69. The van der Waals surface area contributed by atoms with Crippen LogP contribution in [0.2, 0.25) is 0 Å². The van der Waals surface area contributed by atoms with Gasteiger partial charge in [0.25, 0.3) is 0 Å². The highest BCUT2D eigenvalue weighted by atomic mass is 15.0. The van der Waals surface area contributed by atoms with Gasteiger partial charge in [-0.1, -0.05) is 0 Å². The van der Waals surface area contributed by atoms with Crippen molar-refractivity contribution in [1.82, 2.24) is 0 Å². The molecule has 0 aromatic heterocycles. The summed E-state index contributed by atoms with van der Waals surface area (Å²) in [5.41, 5.74) is 0. The summed E-state index contributed by atoms with van der Waals surface area (Å²) in [5.74, 6) is 0. The predicted octanol–water partition coefficient (Wildman–Crippen LogP) is 0.883. The van der Waals surface area contributed by atoms with Crippen LogP contribution in [-0.4, -0.2) is 24.4 Å². The lowest BCUT2D eigenvalue weighted by Gasteiger charge is -2.05. The molecule has 7 heavy (non-hydrogen) atoms. The van der Waals surface area contributed by atoms with Gasteiger partial charge in [-0.3, -0.25) is 0 Å². The summed E-state index contributed by atoms with van der Waals surface area (Å²) >= 11 is 0. The largest absolute Gasteiger partial charge is 0.242 e. The SMILES string of the molecule is C=[N+]1CCCCC1. The van der Waals surface area contributed by atoms with Gasteiger partial charge in [-0.15, -0.1) is 0 Å². The molecule has 1 saturated heterocycles. The molecule has 1 rings (SSSR count). The lowest BCUT2D eigenvalue weighted by Crippen LogP contribution is -2.17. The number of hydrogen-bond donors (Lipinski definition) is 0. The van der Waals surface area contributed by atoms with Crippen molar-refractivity contribution in [2.45, 2.75) is 19.3 Å². The maximum Gasteiger partial charge on any atom is 0.142 e. The van der Waals surface area contributed by atoms with Crippen LogP contribution in [0, 0.1) is 0 Å². The van der Waals surface area contributed by atoms with Crippen LogP contribution in [0.3, 0.4) is 0 Å². The van der Waals surface area contributed by atoms with Gasteiger partial charge in [0.2, 0.25) is 0 Å². The zero-order valence-electron chi connectivity index (χ0n) is 4.69. The first-order valence-electron chi connectivity index (χ1n) is 2.95. The second-order valence-corrected chi connectivity index (χ2v) is 2.18. The van der Waals surface area contributed by atoms with Gasteiger partial charge in [0.15, 0.2) is 0 Å². The third-order valence-electron chi connectivity index (χ3n) is 1.45. The number of piperidine rings is 1. The van der Waals surface area contributed by atoms with E-state index in [2.05, 4.69) is 11.3 Å². The van der Waals surface area contributed by atoms with E-state index in [4.69, 9.17) is 0 Å². The van der Waals surface area contributed by atoms with Gasteiger partial charge in [-0.2, -0.15) is 0 Å². The van der Waals surface area contributed by atoms with Crippen molar-refractivity contribution in [3.8, 4) is 0 Å². The van der Waals surface area contributed by atoms with Gasteiger partial charge >= 0.3 is 0 Å². The van der Waals surface area contributed by atoms with Crippen LogP contribution >= 0.6 is 0 Å². The fraction of sp³-hybridized carbons (Fsp3) is 0.833. The highest BCUT2D eigenvalue weighted by Gasteiger charge is 2.05. The first kappa shape index (κ1) is 4.82. The molecule has 1 aliphatic heterocycles. The number of nitrogens with zero attached hydrogens (tertiary/aromatic N) is 1. The van der Waals surface area contributed by atoms with Gasteiger partial charge in [0.1, 0.15) is 19.8 Å². The molecule has 0 aromatic rings. The van der Waals surface area contributed by atoms with Crippen molar-refractivity contribution < 1.29 is 4.58 Å². The van der Waals surface area contributed by atoms with E-state index in [1.807, 2.05) is 0 Å². The molecule has 0 N–H and O–H groups in total. The molecule has 0 spiro atoms. The third-order valence-corrected chi connectivity index (χ3v) is 1.45. The van der Waals surface area contributed by atoms with Crippen molar-refractivity contribution in [2.75, 3.05) is 13.1 Å². The Hall–Kier alpha value is -0.330. The van der Waals surface area contributed by atoms with Gasteiger partial charge in [-0.05, 0) is 6.42 Å². The first-order chi connectivity index (χ1) is 3.39. The Bertz CT molecular complexity index is 68.2. The minimum absolute atomic E-state index is 1.21. The van der Waals surface area contributed by atoms with E-state index in [0.717, 1.165) is 0 Å². The van der Waals surface area contributed by atoms with Crippen LogP contribution in [0.5, 0.6) is 0 Å². The monoisotopic (exact) mass is 98.1 g/mol. The highest BCUT2D eigenvalue weighted by molar-refractivity contribution is 5.14.